The molecule has 1 aromatic carbocycles. The molecule has 0 saturated heterocycles. The Labute approximate surface area is 159 Å². The van der Waals surface area contributed by atoms with Crippen molar-refractivity contribution in [3.8, 4) is 0 Å². The van der Waals surface area contributed by atoms with Crippen molar-refractivity contribution in [1.82, 2.24) is 0 Å². The highest BCUT2D eigenvalue weighted by Gasteiger charge is 2.46. The molecule has 26 heavy (non-hydrogen) atoms. The molecule has 0 radical (unpaired) electrons. The number of aliphatic carboxylic acids is 1. The number of carbonyl (C=O) groups is 1. The predicted molar refractivity (Wildman–Crippen MR) is 106 cm³/mol. The van der Waals surface area contributed by atoms with Gasteiger partial charge >= 0.3 is 5.97 Å². The van der Waals surface area contributed by atoms with Crippen molar-refractivity contribution in [2.24, 2.45) is 23.7 Å². The Hall–Kier alpha value is -1.42. The van der Waals surface area contributed by atoms with Gasteiger partial charge in [-0.3, -0.25) is 9.00 Å². The average molecular weight is 375 g/mol. The number of rotatable bonds is 10. The van der Waals surface area contributed by atoms with E-state index < -0.39 is 16.8 Å². The third-order valence-electron chi connectivity index (χ3n) is 6.16. The summed E-state index contributed by atoms with van der Waals surface area (Å²) in [5, 5.41) is 8.69. The van der Waals surface area contributed by atoms with Gasteiger partial charge in [0.05, 0.1) is 0 Å². The van der Waals surface area contributed by atoms with Gasteiger partial charge in [-0.05, 0) is 67.8 Å². The van der Waals surface area contributed by atoms with Crippen LogP contribution in [0.2, 0.25) is 0 Å². The SMILES string of the molecule is O=C(O)CCC/C=C\C[C@H]1[C@H]2CC[C@H](C2)[C@H]1CS(=O)Cc1ccccc1. The van der Waals surface area contributed by atoms with E-state index in [-0.39, 0.29) is 6.42 Å². The highest BCUT2D eigenvalue weighted by molar-refractivity contribution is 7.84. The Morgan fingerprint density at radius 1 is 1.12 bits per heavy atom. The first-order chi connectivity index (χ1) is 12.6. The van der Waals surface area contributed by atoms with E-state index in [1.54, 1.807) is 0 Å². The molecule has 0 aliphatic heterocycles. The van der Waals surface area contributed by atoms with E-state index in [1.807, 2.05) is 18.2 Å². The van der Waals surface area contributed by atoms with Crippen LogP contribution < -0.4 is 0 Å². The quantitative estimate of drug-likeness (QED) is 0.473. The fourth-order valence-electron chi connectivity index (χ4n) is 4.93. The van der Waals surface area contributed by atoms with Crippen LogP contribution in [0.15, 0.2) is 42.5 Å². The van der Waals surface area contributed by atoms with E-state index in [9.17, 15) is 9.00 Å². The van der Waals surface area contributed by atoms with Crippen LogP contribution in [0.5, 0.6) is 0 Å². The lowest BCUT2D eigenvalue weighted by atomic mass is 9.78. The van der Waals surface area contributed by atoms with Crippen LogP contribution in [0.1, 0.15) is 50.5 Å². The van der Waals surface area contributed by atoms with Crippen molar-refractivity contribution in [1.29, 1.82) is 0 Å². The van der Waals surface area contributed by atoms with Crippen LogP contribution in [-0.2, 0) is 21.3 Å². The Morgan fingerprint density at radius 2 is 1.85 bits per heavy atom. The van der Waals surface area contributed by atoms with Gasteiger partial charge in [-0.1, -0.05) is 42.5 Å². The van der Waals surface area contributed by atoms with Crippen LogP contribution in [0, 0.1) is 23.7 Å². The molecule has 3 rings (SSSR count). The van der Waals surface area contributed by atoms with E-state index in [2.05, 4.69) is 24.3 Å². The maximum Gasteiger partial charge on any atom is 0.303 e. The molecule has 4 heteroatoms. The van der Waals surface area contributed by atoms with Gasteiger partial charge in [-0.2, -0.15) is 0 Å². The lowest BCUT2D eigenvalue weighted by molar-refractivity contribution is -0.137. The van der Waals surface area contributed by atoms with Crippen LogP contribution >= 0.6 is 0 Å². The summed E-state index contributed by atoms with van der Waals surface area (Å²) >= 11 is 0. The van der Waals surface area contributed by atoms with Crippen molar-refractivity contribution in [2.75, 3.05) is 5.75 Å². The summed E-state index contributed by atoms with van der Waals surface area (Å²) in [7, 11) is -0.788. The molecule has 5 atom stereocenters. The number of carboxylic acid groups (broad SMARTS) is 1. The first-order valence-corrected chi connectivity index (χ1v) is 11.4. The number of allylic oxidation sites excluding steroid dienone is 2. The van der Waals surface area contributed by atoms with Crippen LogP contribution in [0.4, 0.5) is 0 Å². The molecule has 0 spiro atoms. The molecule has 3 nitrogen and oxygen atoms in total. The first kappa shape index (κ1) is 19.3. The van der Waals surface area contributed by atoms with Gasteiger partial charge in [-0.25, -0.2) is 0 Å². The highest BCUT2D eigenvalue weighted by atomic mass is 32.2. The second-order valence-corrected chi connectivity index (χ2v) is 9.39. The van der Waals surface area contributed by atoms with Crippen LogP contribution in [0.3, 0.4) is 0 Å². The third kappa shape index (κ3) is 5.29. The van der Waals surface area contributed by atoms with Gasteiger partial charge < -0.3 is 5.11 Å². The lowest BCUT2D eigenvalue weighted by Crippen LogP contribution is -2.27. The summed E-state index contributed by atoms with van der Waals surface area (Å²) in [6.45, 7) is 0. The molecular weight excluding hydrogens is 344 g/mol. The summed E-state index contributed by atoms with van der Waals surface area (Å²) in [5.41, 5.74) is 1.17. The largest absolute Gasteiger partial charge is 0.481 e. The summed E-state index contributed by atoms with van der Waals surface area (Å²) < 4.78 is 12.7. The number of hydrogen-bond acceptors (Lipinski definition) is 2. The van der Waals surface area contributed by atoms with Gasteiger partial charge in [-0.15, -0.1) is 0 Å². The maximum absolute atomic E-state index is 12.7. The highest BCUT2D eigenvalue weighted by Crippen LogP contribution is 2.53. The summed E-state index contributed by atoms with van der Waals surface area (Å²) in [5.74, 6) is 3.64. The van der Waals surface area contributed by atoms with Gasteiger partial charge in [0.15, 0.2) is 0 Å². The molecule has 2 fully saturated rings. The van der Waals surface area contributed by atoms with Crippen molar-refractivity contribution in [3.63, 3.8) is 0 Å². The molecule has 2 saturated carbocycles. The van der Waals surface area contributed by atoms with Crippen molar-refractivity contribution < 1.29 is 14.1 Å². The molecule has 1 aromatic rings. The predicted octanol–water partition coefficient (Wildman–Crippen LogP) is 4.80. The summed E-state index contributed by atoms with van der Waals surface area (Å²) in [4.78, 5) is 10.6. The molecule has 0 amide bonds. The van der Waals surface area contributed by atoms with Crippen molar-refractivity contribution >= 4 is 16.8 Å². The average Bonchev–Trinajstić information content (AvgIpc) is 3.21. The Bertz CT molecular complexity index is 640. The zero-order valence-corrected chi connectivity index (χ0v) is 16.2. The zero-order valence-electron chi connectivity index (χ0n) is 15.4. The van der Waals surface area contributed by atoms with Crippen molar-refractivity contribution in [2.45, 2.75) is 50.7 Å². The Balaban J connectivity index is 1.49. The smallest absolute Gasteiger partial charge is 0.303 e. The van der Waals surface area contributed by atoms with Crippen molar-refractivity contribution in [3.05, 3.63) is 48.0 Å². The topological polar surface area (TPSA) is 54.4 Å². The number of benzene rings is 1. The minimum atomic E-state index is -0.788. The van der Waals surface area contributed by atoms with Gasteiger partial charge in [0.25, 0.3) is 0 Å². The molecule has 1 unspecified atom stereocenters. The molecule has 0 aromatic heterocycles. The molecule has 142 valence electrons. The van der Waals surface area contributed by atoms with Crippen LogP contribution in [0.25, 0.3) is 0 Å². The zero-order chi connectivity index (χ0) is 18.4. The number of fused-ring (bicyclic) bond motifs is 2. The summed E-state index contributed by atoms with van der Waals surface area (Å²) in [6.07, 6.45) is 11.3. The minimum absolute atomic E-state index is 0.250. The first-order valence-electron chi connectivity index (χ1n) is 9.89. The minimum Gasteiger partial charge on any atom is -0.481 e. The molecular formula is C22H30O3S. The van der Waals surface area contributed by atoms with E-state index in [0.29, 0.717) is 24.0 Å². The van der Waals surface area contributed by atoms with E-state index in [1.165, 1.54) is 24.8 Å². The fraction of sp³-hybridized carbons (Fsp3) is 0.591. The molecule has 2 bridgehead atoms. The lowest BCUT2D eigenvalue weighted by Gasteiger charge is -2.30. The molecule has 2 aliphatic carbocycles. The normalized spacial score (nSPS) is 28.6. The van der Waals surface area contributed by atoms with E-state index in [4.69, 9.17) is 5.11 Å². The Kier molecular flexibility index (Phi) is 7.07. The molecule has 1 N–H and O–H groups in total. The van der Waals surface area contributed by atoms with Gasteiger partial charge in [0.1, 0.15) is 0 Å². The molecule has 2 aliphatic rings. The monoisotopic (exact) mass is 374 g/mol. The fourth-order valence-corrected chi connectivity index (χ4v) is 6.56. The number of unbranched alkanes of at least 4 members (excludes halogenated alkanes) is 1. The third-order valence-corrected chi connectivity index (χ3v) is 7.57. The maximum atomic E-state index is 12.7. The van der Waals surface area contributed by atoms with Gasteiger partial charge in [0, 0.05) is 28.7 Å². The summed E-state index contributed by atoms with van der Waals surface area (Å²) in [6, 6.07) is 10.2. The van der Waals surface area contributed by atoms with E-state index >= 15 is 0 Å². The second-order valence-electron chi connectivity index (χ2n) is 7.89. The number of carboxylic acids is 1. The van der Waals surface area contributed by atoms with E-state index in [0.717, 1.165) is 30.4 Å². The number of hydrogen-bond donors (Lipinski definition) is 1. The standard InChI is InChI=1S/C22H30O3S/c23-22(24)11-7-2-1-6-10-20-18-12-13-19(14-18)21(20)16-26(25)15-17-8-4-3-5-9-17/h1,3-6,8-9,18-21H,2,7,10-16H2,(H,23,24)/b6-1-/t18-,19+,20-,21+,26?/m0/s1. The molecule has 0 heterocycles. The second kappa shape index (κ2) is 9.50. The Morgan fingerprint density at radius 3 is 2.58 bits per heavy atom. The van der Waals surface area contributed by atoms with Crippen LogP contribution in [-0.4, -0.2) is 21.0 Å². The van der Waals surface area contributed by atoms with Gasteiger partial charge in [0.2, 0.25) is 0 Å².